The fraction of sp³-hybridized carbons (Fsp3) is 0.500. The van der Waals surface area contributed by atoms with E-state index in [4.69, 9.17) is 4.74 Å². The minimum atomic E-state index is -0.606. The summed E-state index contributed by atoms with van der Waals surface area (Å²) in [4.78, 5) is 30.9. The van der Waals surface area contributed by atoms with Crippen molar-refractivity contribution >= 4 is 11.7 Å². The van der Waals surface area contributed by atoms with Gasteiger partial charge >= 0.3 is 0 Å². The monoisotopic (exact) mass is 330 g/mol. The molecule has 0 aliphatic carbocycles. The second-order valence-corrected chi connectivity index (χ2v) is 6.56. The van der Waals surface area contributed by atoms with Crippen LogP contribution in [0.3, 0.4) is 0 Å². The summed E-state index contributed by atoms with van der Waals surface area (Å²) < 4.78 is 5.63. The van der Waals surface area contributed by atoms with Gasteiger partial charge in [0.25, 0.3) is 5.91 Å². The Labute approximate surface area is 141 Å². The molecule has 3 heterocycles. The van der Waals surface area contributed by atoms with Crippen molar-refractivity contribution in [1.29, 1.82) is 0 Å². The van der Waals surface area contributed by atoms with E-state index in [1.165, 1.54) is 4.90 Å². The number of carbonyl (C=O) groups excluding carboxylic acids is 2. The number of hydrogen-bond acceptors (Lipinski definition) is 5. The Bertz CT molecular complexity index is 663. The Morgan fingerprint density at radius 3 is 2.88 bits per heavy atom. The highest BCUT2D eigenvalue weighted by atomic mass is 16.5. The van der Waals surface area contributed by atoms with E-state index < -0.39 is 17.7 Å². The number of ether oxygens (including phenoxy) is 1. The maximum atomic E-state index is 12.6. The molecule has 6 nitrogen and oxygen atoms in total. The molecule has 2 unspecified atom stereocenters. The lowest BCUT2D eigenvalue weighted by molar-refractivity contribution is -0.131. The third kappa shape index (κ3) is 2.94. The average Bonchev–Trinajstić information content (AvgIpc) is 3.17. The number of amides is 1. The van der Waals surface area contributed by atoms with Crippen LogP contribution in [-0.2, 0) is 14.3 Å². The normalized spacial score (nSPS) is 24.3. The molecule has 1 N–H and O–H groups in total. The molecule has 1 amide bonds. The Morgan fingerprint density at radius 2 is 2.29 bits per heavy atom. The zero-order valence-corrected chi connectivity index (χ0v) is 13.9. The molecule has 2 aliphatic rings. The number of aromatic nitrogens is 1. The third-order valence-electron chi connectivity index (χ3n) is 4.52. The first kappa shape index (κ1) is 16.6. The maximum Gasteiger partial charge on any atom is 0.290 e. The van der Waals surface area contributed by atoms with E-state index in [-0.39, 0.29) is 23.4 Å². The van der Waals surface area contributed by atoms with Crippen molar-refractivity contribution in [2.24, 2.45) is 5.92 Å². The lowest BCUT2D eigenvalue weighted by atomic mass is 9.92. The molecule has 1 aromatic rings. The molecule has 6 heteroatoms. The summed E-state index contributed by atoms with van der Waals surface area (Å²) in [6.45, 7) is 4.56. The van der Waals surface area contributed by atoms with Crippen LogP contribution < -0.4 is 0 Å². The van der Waals surface area contributed by atoms with Crippen LogP contribution in [0.15, 0.2) is 35.9 Å². The van der Waals surface area contributed by atoms with Crippen molar-refractivity contribution < 1.29 is 19.4 Å². The van der Waals surface area contributed by atoms with Crippen molar-refractivity contribution in [1.82, 2.24) is 9.88 Å². The molecule has 128 valence electrons. The first-order valence-corrected chi connectivity index (χ1v) is 8.30. The molecule has 2 atom stereocenters. The summed E-state index contributed by atoms with van der Waals surface area (Å²) >= 11 is 0. The zero-order chi connectivity index (χ0) is 17.3. The molecular formula is C18H22N2O4. The Morgan fingerprint density at radius 1 is 1.50 bits per heavy atom. The molecule has 2 aliphatic heterocycles. The molecule has 0 saturated carbocycles. The smallest absolute Gasteiger partial charge is 0.290 e. The van der Waals surface area contributed by atoms with Gasteiger partial charge in [-0.15, -0.1) is 0 Å². The van der Waals surface area contributed by atoms with Crippen LogP contribution in [0.25, 0.3) is 0 Å². The van der Waals surface area contributed by atoms with E-state index in [0.717, 1.165) is 18.4 Å². The van der Waals surface area contributed by atoms with E-state index in [9.17, 15) is 14.7 Å². The highest BCUT2D eigenvalue weighted by Gasteiger charge is 2.44. The number of nitrogens with zero attached hydrogens (tertiary/aromatic N) is 2. The topological polar surface area (TPSA) is 79.7 Å². The number of carbonyl (C=O) groups is 2. The number of pyridine rings is 1. The van der Waals surface area contributed by atoms with E-state index in [2.05, 4.69) is 4.98 Å². The first-order valence-electron chi connectivity index (χ1n) is 8.30. The lowest BCUT2D eigenvalue weighted by Crippen LogP contribution is -2.37. The van der Waals surface area contributed by atoms with Gasteiger partial charge in [-0.25, -0.2) is 0 Å². The SMILES string of the molecule is CC(C)C(=O)C1=C(O)C(=O)N(CC2CCCO2)C1c1cccnc1. The predicted octanol–water partition coefficient (Wildman–Crippen LogP) is 2.18. The van der Waals surface area contributed by atoms with Crippen LogP contribution >= 0.6 is 0 Å². The molecule has 1 fully saturated rings. The fourth-order valence-electron chi connectivity index (χ4n) is 3.30. The van der Waals surface area contributed by atoms with Crippen molar-refractivity contribution in [3.8, 4) is 0 Å². The number of Topliss-reactive ketones (excluding diaryl/α,β-unsaturated/α-hetero) is 1. The van der Waals surface area contributed by atoms with E-state index in [1.54, 1.807) is 32.3 Å². The van der Waals surface area contributed by atoms with E-state index >= 15 is 0 Å². The van der Waals surface area contributed by atoms with E-state index in [0.29, 0.717) is 13.2 Å². The Balaban J connectivity index is 1.99. The van der Waals surface area contributed by atoms with Crippen molar-refractivity contribution in [2.45, 2.75) is 38.8 Å². The summed E-state index contributed by atoms with van der Waals surface area (Å²) in [5.74, 6) is -1.48. The molecule has 0 radical (unpaired) electrons. The maximum absolute atomic E-state index is 12.6. The van der Waals surface area contributed by atoms with Crippen LogP contribution in [0, 0.1) is 5.92 Å². The number of hydrogen-bond donors (Lipinski definition) is 1. The Hall–Kier alpha value is -2.21. The van der Waals surface area contributed by atoms with Crippen LogP contribution in [0.1, 0.15) is 38.3 Å². The molecule has 0 aromatic carbocycles. The number of ketones is 1. The molecule has 1 aromatic heterocycles. The summed E-state index contributed by atoms with van der Waals surface area (Å²) in [5, 5.41) is 10.4. The van der Waals surface area contributed by atoms with Gasteiger partial charge in [-0.1, -0.05) is 19.9 Å². The second kappa shape index (κ2) is 6.73. The van der Waals surface area contributed by atoms with Gasteiger partial charge in [0.05, 0.1) is 17.7 Å². The van der Waals surface area contributed by atoms with Gasteiger partial charge < -0.3 is 14.7 Å². The molecule has 1 saturated heterocycles. The number of aliphatic hydroxyl groups is 1. The fourth-order valence-corrected chi connectivity index (χ4v) is 3.30. The van der Waals surface area contributed by atoms with Crippen LogP contribution in [0.2, 0.25) is 0 Å². The van der Waals surface area contributed by atoms with Gasteiger partial charge in [-0.2, -0.15) is 0 Å². The van der Waals surface area contributed by atoms with Crippen LogP contribution in [0.4, 0.5) is 0 Å². The van der Waals surface area contributed by atoms with Crippen LogP contribution in [0.5, 0.6) is 0 Å². The largest absolute Gasteiger partial charge is 0.503 e. The van der Waals surface area contributed by atoms with Gasteiger partial charge in [0, 0.05) is 31.5 Å². The Kier molecular flexibility index (Phi) is 4.66. The van der Waals surface area contributed by atoms with Gasteiger partial charge in [-0.05, 0) is 24.5 Å². The average molecular weight is 330 g/mol. The third-order valence-corrected chi connectivity index (χ3v) is 4.52. The summed E-state index contributed by atoms with van der Waals surface area (Å²) in [5.41, 5.74) is 0.887. The van der Waals surface area contributed by atoms with Crippen LogP contribution in [-0.4, -0.2) is 45.9 Å². The lowest BCUT2D eigenvalue weighted by Gasteiger charge is -2.29. The van der Waals surface area contributed by atoms with Gasteiger partial charge in [0.2, 0.25) is 0 Å². The molecule has 0 spiro atoms. The summed E-state index contributed by atoms with van der Waals surface area (Å²) in [6, 6.07) is 2.97. The molecule has 0 bridgehead atoms. The standard InChI is InChI=1S/C18H22N2O4/c1-11(2)16(21)14-15(12-5-3-7-19-9-12)20(18(23)17(14)22)10-13-6-4-8-24-13/h3,5,7,9,11,13,15,22H,4,6,8,10H2,1-2H3. The van der Waals surface area contributed by atoms with Gasteiger partial charge in [0.1, 0.15) is 0 Å². The van der Waals surface area contributed by atoms with Gasteiger partial charge in [0.15, 0.2) is 11.5 Å². The molecule has 3 rings (SSSR count). The minimum Gasteiger partial charge on any atom is -0.503 e. The highest BCUT2D eigenvalue weighted by molar-refractivity contribution is 6.09. The van der Waals surface area contributed by atoms with Gasteiger partial charge in [-0.3, -0.25) is 14.6 Å². The molecular weight excluding hydrogens is 308 g/mol. The minimum absolute atomic E-state index is 0.0607. The predicted molar refractivity (Wildman–Crippen MR) is 87.2 cm³/mol. The second-order valence-electron chi connectivity index (χ2n) is 6.56. The van der Waals surface area contributed by atoms with Crippen molar-refractivity contribution in [2.75, 3.05) is 13.2 Å². The van der Waals surface area contributed by atoms with E-state index in [1.807, 2.05) is 6.07 Å². The summed E-state index contributed by atoms with van der Waals surface area (Å²) in [7, 11) is 0. The highest BCUT2D eigenvalue weighted by Crippen LogP contribution is 2.39. The van der Waals surface area contributed by atoms with Crippen molar-refractivity contribution in [3.05, 3.63) is 41.4 Å². The molecule has 24 heavy (non-hydrogen) atoms. The number of aliphatic hydroxyl groups excluding tert-OH is 1. The first-order chi connectivity index (χ1) is 11.5. The van der Waals surface area contributed by atoms with Crippen molar-refractivity contribution in [3.63, 3.8) is 0 Å². The zero-order valence-electron chi connectivity index (χ0n) is 13.9. The number of rotatable bonds is 5. The summed E-state index contributed by atoms with van der Waals surface area (Å²) in [6.07, 6.45) is 5.04. The quantitative estimate of drug-likeness (QED) is 0.895.